The van der Waals surface area contributed by atoms with Crippen LogP contribution in [0.2, 0.25) is 0 Å². The molecule has 0 saturated heterocycles. The number of benzene rings is 4. The van der Waals surface area contributed by atoms with Crippen molar-refractivity contribution in [3.63, 3.8) is 0 Å². The lowest BCUT2D eigenvalue weighted by Gasteiger charge is -2.33. The van der Waals surface area contributed by atoms with Crippen molar-refractivity contribution in [1.82, 2.24) is 0 Å². The van der Waals surface area contributed by atoms with Crippen LogP contribution in [0.15, 0.2) is 97.6 Å². The summed E-state index contributed by atoms with van der Waals surface area (Å²) in [6, 6.07) is 30.3. The first-order valence-electron chi connectivity index (χ1n) is 13.5. The summed E-state index contributed by atoms with van der Waals surface area (Å²) in [5.41, 5.74) is 9.99. The van der Waals surface area contributed by atoms with E-state index in [0.29, 0.717) is 13.5 Å². The van der Waals surface area contributed by atoms with Crippen LogP contribution in [-0.2, 0) is 32.4 Å². The normalized spacial score (nSPS) is 14.2. The van der Waals surface area contributed by atoms with Gasteiger partial charge in [-0.2, -0.15) is 0 Å². The third-order valence-corrected chi connectivity index (χ3v) is 7.45. The molecule has 2 aliphatic heterocycles. The minimum atomic E-state index is 0.559. The molecule has 4 aromatic carbocycles. The van der Waals surface area contributed by atoms with Crippen LogP contribution in [0.1, 0.15) is 40.3 Å². The van der Waals surface area contributed by atoms with Gasteiger partial charge in [-0.25, -0.2) is 0 Å². The lowest BCUT2D eigenvalue weighted by atomic mass is 9.93. The zero-order valence-electron chi connectivity index (χ0n) is 22.0. The van der Waals surface area contributed by atoms with Crippen molar-refractivity contribution in [3.8, 4) is 11.5 Å². The van der Waals surface area contributed by atoms with Crippen LogP contribution in [0.25, 0.3) is 0 Å². The Hall–Kier alpha value is -4.18. The van der Waals surface area contributed by atoms with Gasteiger partial charge in [0.05, 0.1) is 0 Å². The van der Waals surface area contributed by atoms with Gasteiger partial charge in [-0.3, -0.25) is 0 Å². The van der Waals surface area contributed by atoms with Gasteiger partial charge in [0.15, 0.2) is 13.5 Å². The molecule has 4 nitrogen and oxygen atoms in total. The standard InChI is InChI=1S/C34H34N2O2/c1-3-11-28-18-26(20-30-22-36(24-38-34(28)30)32-14-9-6-10-15-32)16-25-17-27(4-2)33-29(19-25)21-35(23-37-33)31-12-7-5-8-13-31/h3,5-10,12-15,17-20H,1,4,11,16,21-24H2,2H3. The molecule has 2 heterocycles. The molecule has 38 heavy (non-hydrogen) atoms. The van der Waals surface area contributed by atoms with Crippen molar-refractivity contribution >= 4 is 11.4 Å². The molecule has 0 saturated carbocycles. The number of aryl methyl sites for hydroxylation is 1. The first-order chi connectivity index (χ1) is 18.7. The SMILES string of the molecule is C=CCc1cc(Cc2cc(CC)c3c(c2)CN(c2ccccc2)CO3)cc2c1OCN(c1ccccc1)C2. The van der Waals surface area contributed by atoms with Crippen molar-refractivity contribution in [2.45, 2.75) is 39.3 Å². The van der Waals surface area contributed by atoms with Gasteiger partial charge in [-0.05, 0) is 77.9 Å². The molecule has 0 radical (unpaired) electrons. The summed E-state index contributed by atoms with van der Waals surface area (Å²) in [6.07, 6.45) is 4.59. The second-order valence-corrected chi connectivity index (χ2v) is 10.1. The van der Waals surface area contributed by atoms with E-state index in [-0.39, 0.29) is 0 Å². The molecule has 4 heteroatoms. The molecule has 0 atom stereocenters. The van der Waals surface area contributed by atoms with Crippen LogP contribution < -0.4 is 19.3 Å². The fourth-order valence-electron chi connectivity index (χ4n) is 5.67. The van der Waals surface area contributed by atoms with E-state index < -0.39 is 0 Å². The van der Waals surface area contributed by atoms with Gasteiger partial charge in [0.25, 0.3) is 0 Å². The number of allylic oxidation sites excluding steroid dienone is 1. The first-order valence-corrected chi connectivity index (χ1v) is 13.5. The summed E-state index contributed by atoms with van der Waals surface area (Å²) >= 11 is 0. The number of fused-ring (bicyclic) bond motifs is 2. The smallest absolute Gasteiger partial charge is 0.161 e. The molecule has 0 amide bonds. The molecular formula is C34H34N2O2. The number of nitrogens with zero attached hydrogens (tertiary/aromatic N) is 2. The van der Waals surface area contributed by atoms with Gasteiger partial charge >= 0.3 is 0 Å². The number of rotatable bonds is 7. The monoisotopic (exact) mass is 502 g/mol. The number of ether oxygens (including phenoxy) is 2. The van der Waals surface area contributed by atoms with E-state index >= 15 is 0 Å². The van der Waals surface area contributed by atoms with Crippen LogP contribution in [0.5, 0.6) is 11.5 Å². The van der Waals surface area contributed by atoms with Crippen molar-refractivity contribution in [3.05, 3.63) is 131 Å². The Morgan fingerprint density at radius 1 is 0.711 bits per heavy atom. The summed E-state index contributed by atoms with van der Waals surface area (Å²) in [5, 5.41) is 0. The zero-order valence-corrected chi connectivity index (χ0v) is 22.0. The molecule has 0 spiro atoms. The van der Waals surface area contributed by atoms with E-state index in [1.165, 1.54) is 44.8 Å². The van der Waals surface area contributed by atoms with E-state index in [0.717, 1.165) is 43.9 Å². The predicted molar refractivity (Wildman–Crippen MR) is 155 cm³/mol. The lowest BCUT2D eigenvalue weighted by molar-refractivity contribution is 0.286. The van der Waals surface area contributed by atoms with E-state index in [9.17, 15) is 0 Å². The highest BCUT2D eigenvalue weighted by molar-refractivity contribution is 5.56. The van der Waals surface area contributed by atoms with Crippen molar-refractivity contribution < 1.29 is 9.47 Å². The maximum Gasteiger partial charge on any atom is 0.161 e. The minimum Gasteiger partial charge on any atom is -0.472 e. The molecule has 4 aromatic rings. The van der Waals surface area contributed by atoms with Gasteiger partial charge < -0.3 is 19.3 Å². The van der Waals surface area contributed by atoms with E-state index in [1.54, 1.807) is 0 Å². The highest BCUT2D eigenvalue weighted by atomic mass is 16.5. The quantitative estimate of drug-likeness (QED) is 0.248. The third kappa shape index (κ3) is 4.87. The highest BCUT2D eigenvalue weighted by Crippen LogP contribution is 2.36. The minimum absolute atomic E-state index is 0.559. The van der Waals surface area contributed by atoms with Crippen LogP contribution in [0, 0.1) is 0 Å². The number of hydrogen-bond acceptors (Lipinski definition) is 4. The van der Waals surface area contributed by atoms with Crippen LogP contribution in [0.3, 0.4) is 0 Å². The second-order valence-electron chi connectivity index (χ2n) is 10.1. The van der Waals surface area contributed by atoms with E-state index in [1.807, 2.05) is 6.08 Å². The second kappa shape index (κ2) is 10.7. The van der Waals surface area contributed by atoms with Crippen LogP contribution in [-0.4, -0.2) is 13.5 Å². The Kier molecular flexibility index (Phi) is 6.78. The Balaban J connectivity index is 1.31. The average molecular weight is 503 g/mol. The number of hydrogen-bond donors (Lipinski definition) is 0. The molecule has 0 aliphatic carbocycles. The molecular weight excluding hydrogens is 468 g/mol. The maximum absolute atomic E-state index is 6.30. The van der Waals surface area contributed by atoms with Gasteiger partial charge in [-0.15, -0.1) is 6.58 Å². The Labute approximate surface area is 225 Å². The number of para-hydroxylation sites is 2. The summed E-state index contributed by atoms with van der Waals surface area (Å²) in [6.45, 7) is 9.04. The Morgan fingerprint density at radius 2 is 1.21 bits per heavy atom. The molecule has 0 N–H and O–H groups in total. The molecule has 0 aromatic heterocycles. The van der Waals surface area contributed by atoms with E-state index in [4.69, 9.17) is 9.47 Å². The third-order valence-electron chi connectivity index (χ3n) is 7.45. The molecule has 0 fully saturated rings. The summed E-state index contributed by atoms with van der Waals surface area (Å²) in [7, 11) is 0. The lowest BCUT2D eigenvalue weighted by Crippen LogP contribution is -2.32. The molecule has 0 bridgehead atoms. The Morgan fingerprint density at radius 3 is 1.71 bits per heavy atom. The largest absolute Gasteiger partial charge is 0.472 e. The number of anilines is 2. The fraction of sp³-hybridized carbons (Fsp3) is 0.235. The van der Waals surface area contributed by atoms with Crippen molar-refractivity contribution in [2.75, 3.05) is 23.3 Å². The zero-order chi connectivity index (χ0) is 25.9. The van der Waals surface area contributed by atoms with Crippen LogP contribution in [0.4, 0.5) is 11.4 Å². The molecule has 2 aliphatic rings. The van der Waals surface area contributed by atoms with Gasteiger partial charge in [0, 0.05) is 35.6 Å². The summed E-state index contributed by atoms with van der Waals surface area (Å²) in [4.78, 5) is 4.58. The molecule has 192 valence electrons. The Bertz CT molecular complexity index is 1430. The average Bonchev–Trinajstić information content (AvgIpc) is 2.97. The van der Waals surface area contributed by atoms with Gasteiger partial charge in [0.1, 0.15) is 11.5 Å². The molecule has 6 rings (SSSR count). The predicted octanol–water partition coefficient (Wildman–Crippen LogP) is 7.28. The fourth-order valence-corrected chi connectivity index (χ4v) is 5.67. The van der Waals surface area contributed by atoms with Crippen molar-refractivity contribution in [1.29, 1.82) is 0 Å². The van der Waals surface area contributed by atoms with Crippen molar-refractivity contribution in [2.24, 2.45) is 0 Å². The van der Waals surface area contributed by atoms with Gasteiger partial charge in [-0.1, -0.05) is 61.5 Å². The summed E-state index contributed by atoms with van der Waals surface area (Å²) < 4.78 is 12.6. The first kappa shape index (κ1) is 24.2. The van der Waals surface area contributed by atoms with E-state index in [2.05, 4.69) is 108 Å². The van der Waals surface area contributed by atoms with Gasteiger partial charge in [0.2, 0.25) is 0 Å². The summed E-state index contributed by atoms with van der Waals surface area (Å²) in [5.74, 6) is 2.08. The molecule has 0 unspecified atom stereocenters. The highest BCUT2D eigenvalue weighted by Gasteiger charge is 2.23. The topological polar surface area (TPSA) is 24.9 Å². The van der Waals surface area contributed by atoms with Crippen LogP contribution >= 0.6 is 0 Å². The maximum atomic E-state index is 6.30.